The van der Waals surface area contributed by atoms with Gasteiger partial charge in [-0.05, 0) is 0 Å². The average molecular weight is 257 g/mol. The fraction of sp³-hybridized carbons (Fsp3) is 0.700. The summed E-state index contributed by atoms with van der Waals surface area (Å²) in [6.45, 7) is 1.11. The lowest BCUT2D eigenvalue weighted by Crippen LogP contribution is -2.55. The smallest absolute Gasteiger partial charge is 0.318 e. The van der Waals surface area contributed by atoms with Crippen LogP contribution in [-0.2, 0) is 14.3 Å². The van der Waals surface area contributed by atoms with Crippen molar-refractivity contribution in [3.05, 3.63) is 0 Å². The molecule has 100 valence electrons. The molecule has 2 unspecified atom stereocenters. The van der Waals surface area contributed by atoms with Crippen molar-refractivity contribution < 1.29 is 24.2 Å². The molecule has 0 aliphatic carbocycles. The molecule has 8 heteroatoms. The second-order valence-electron chi connectivity index (χ2n) is 4.31. The predicted molar refractivity (Wildman–Crippen MR) is 58.8 cm³/mol. The summed E-state index contributed by atoms with van der Waals surface area (Å²) in [4.78, 5) is 35.3. The lowest BCUT2D eigenvalue weighted by Gasteiger charge is -2.28. The molecule has 2 rings (SSSR count). The summed E-state index contributed by atoms with van der Waals surface area (Å²) in [5.41, 5.74) is 0. The SMILES string of the molecule is O=C1CN(C(=O)NC2COCC2C(=O)O)CCN1. The molecule has 2 saturated heterocycles. The molecular weight excluding hydrogens is 242 g/mol. The van der Waals surface area contributed by atoms with Gasteiger partial charge in [0.25, 0.3) is 0 Å². The van der Waals surface area contributed by atoms with Crippen molar-refractivity contribution in [2.45, 2.75) is 6.04 Å². The van der Waals surface area contributed by atoms with Crippen LogP contribution in [0.5, 0.6) is 0 Å². The molecule has 0 aromatic carbocycles. The van der Waals surface area contributed by atoms with Crippen LogP contribution in [0.1, 0.15) is 0 Å². The maximum atomic E-state index is 11.9. The number of carbonyl (C=O) groups is 3. The third-order valence-corrected chi connectivity index (χ3v) is 3.03. The lowest BCUT2D eigenvalue weighted by atomic mass is 10.0. The van der Waals surface area contributed by atoms with E-state index in [1.54, 1.807) is 0 Å². The molecule has 2 aliphatic heterocycles. The Hall–Kier alpha value is -1.83. The molecule has 2 fully saturated rings. The van der Waals surface area contributed by atoms with Gasteiger partial charge in [0.2, 0.25) is 5.91 Å². The zero-order chi connectivity index (χ0) is 13.1. The molecule has 2 atom stereocenters. The first-order chi connectivity index (χ1) is 8.58. The molecule has 0 aromatic heterocycles. The highest BCUT2D eigenvalue weighted by Crippen LogP contribution is 2.14. The van der Waals surface area contributed by atoms with Crippen molar-refractivity contribution in [1.29, 1.82) is 0 Å². The summed E-state index contributed by atoms with van der Waals surface area (Å²) in [5, 5.41) is 14.1. The fourth-order valence-corrected chi connectivity index (χ4v) is 2.00. The van der Waals surface area contributed by atoms with Gasteiger partial charge in [0.15, 0.2) is 0 Å². The van der Waals surface area contributed by atoms with Gasteiger partial charge in [-0.3, -0.25) is 9.59 Å². The quantitative estimate of drug-likeness (QED) is 0.542. The average Bonchev–Trinajstić information content (AvgIpc) is 2.77. The fourth-order valence-electron chi connectivity index (χ4n) is 2.00. The summed E-state index contributed by atoms with van der Waals surface area (Å²) in [6, 6.07) is -0.966. The minimum atomic E-state index is -0.991. The van der Waals surface area contributed by atoms with Crippen LogP contribution in [0.2, 0.25) is 0 Å². The highest BCUT2D eigenvalue weighted by atomic mass is 16.5. The van der Waals surface area contributed by atoms with Crippen molar-refractivity contribution in [3.8, 4) is 0 Å². The number of hydrogen-bond donors (Lipinski definition) is 3. The zero-order valence-corrected chi connectivity index (χ0v) is 9.72. The third kappa shape index (κ3) is 2.70. The Kier molecular flexibility index (Phi) is 3.66. The molecule has 18 heavy (non-hydrogen) atoms. The maximum Gasteiger partial charge on any atom is 0.318 e. The number of hydrogen-bond acceptors (Lipinski definition) is 4. The number of carboxylic acid groups (broad SMARTS) is 1. The molecule has 0 bridgehead atoms. The molecule has 0 radical (unpaired) electrons. The maximum absolute atomic E-state index is 11.9. The number of ether oxygens (including phenoxy) is 1. The second kappa shape index (κ2) is 5.21. The molecule has 2 aliphatic rings. The molecule has 3 amide bonds. The number of carbonyl (C=O) groups excluding carboxylic acids is 2. The summed E-state index contributed by atoms with van der Waals surface area (Å²) in [7, 11) is 0. The first-order valence-corrected chi connectivity index (χ1v) is 5.70. The number of nitrogens with zero attached hydrogens (tertiary/aromatic N) is 1. The normalized spacial score (nSPS) is 27.8. The van der Waals surface area contributed by atoms with Crippen LogP contribution in [0.4, 0.5) is 4.79 Å². The number of piperazine rings is 1. The number of amides is 3. The second-order valence-corrected chi connectivity index (χ2v) is 4.31. The Labute approximate surface area is 103 Å². The van der Waals surface area contributed by atoms with E-state index in [0.29, 0.717) is 13.1 Å². The van der Waals surface area contributed by atoms with E-state index in [1.807, 2.05) is 0 Å². The van der Waals surface area contributed by atoms with Crippen molar-refractivity contribution >= 4 is 17.9 Å². The van der Waals surface area contributed by atoms with Gasteiger partial charge in [-0.2, -0.15) is 0 Å². The van der Waals surface area contributed by atoms with Gasteiger partial charge < -0.3 is 25.4 Å². The van der Waals surface area contributed by atoms with E-state index in [4.69, 9.17) is 9.84 Å². The molecular formula is C10H15N3O5. The summed E-state index contributed by atoms with van der Waals surface area (Å²) in [6.07, 6.45) is 0. The van der Waals surface area contributed by atoms with Crippen molar-refractivity contribution in [2.75, 3.05) is 32.8 Å². The molecule has 0 spiro atoms. The monoisotopic (exact) mass is 257 g/mol. The van der Waals surface area contributed by atoms with E-state index in [0.717, 1.165) is 0 Å². The standard InChI is InChI=1S/C10H15N3O5/c14-8-3-13(2-1-11-8)10(17)12-7-5-18-4-6(7)9(15)16/h6-7H,1-5H2,(H,11,14)(H,12,17)(H,15,16). The van der Waals surface area contributed by atoms with Crippen LogP contribution < -0.4 is 10.6 Å². The highest BCUT2D eigenvalue weighted by molar-refractivity contribution is 5.85. The summed E-state index contributed by atoms with van der Waals surface area (Å²) in [5.74, 6) is -1.93. The molecule has 3 N–H and O–H groups in total. The Bertz CT molecular complexity index is 373. The highest BCUT2D eigenvalue weighted by Gasteiger charge is 2.36. The number of rotatable bonds is 2. The van der Waals surface area contributed by atoms with Crippen molar-refractivity contribution in [2.24, 2.45) is 5.92 Å². The van der Waals surface area contributed by atoms with Crippen molar-refractivity contribution in [1.82, 2.24) is 15.5 Å². The van der Waals surface area contributed by atoms with E-state index in [1.165, 1.54) is 4.90 Å². The van der Waals surface area contributed by atoms with Crippen LogP contribution in [0.25, 0.3) is 0 Å². The first-order valence-electron chi connectivity index (χ1n) is 5.70. The summed E-state index contributed by atoms with van der Waals surface area (Å²) >= 11 is 0. The van der Waals surface area contributed by atoms with Gasteiger partial charge in [-0.15, -0.1) is 0 Å². The molecule has 0 aromatic rings. The summed E-state index contributed by atoms with van der Waals surface area (Å²) < 4.78 is 5.05. The number of urea groups is 1. The van der Waals surface area contributed by atoms with E-state index in [9.17, 15) is 14.4 Å². The minimum Gasteiger partial charge on any atom is -0.481 e. The first kappa shape index (κ1) is 12.6. The largest absolute Gasteiger partial charge is 0.481 e. The van der Waals surface area contributed by atoms with Crippen LogP contribution >= 0.6 is 0 Å². The topological polar surface area (TPSA) is 108 Å². The van der Waals surface area contributed by atoms with Gasteiger partial charge in [0.05, 0.1) is 19.3 Å². The van der Waals surface area contributed by atoms with Crippen molar-refractivity contribution in [3.63, 3.8) is 0 Å². The molecule has 8 nitrogen and oxygen atoms in total. The number of nitrogens with one attached hydrogen (secondary N) is 2. The van der Waals surface area contributed by atoms with Gasteiger partial charge in [0, 0.05) is 13.1 Å². The van der Waals surface area contributed by atoms with E-state index in [2.05, 4.69) is 10.6 Å². The van der Waals surface area contributed by atoms with Gasteiger partial charge in [0.1, 0.15) is 12.5 Å². The minimum absolute atomic E-state index is 0.00283. The molecule has 2 heterocycles. The third-order valence-electron chi connectivity index (χ3n) is 3.03. The van der Waals surface area contributed by atoms with Crippen LogP contribution in [-0.4, -0.2) is 66.8 Å². The van der Waals surface area contributed by atoms with Crippen LogP contribution in [0, 0.1) is 5.92 Å². The number of carboxylic acids is 1. The van der Waals surface area contributed by atoms with E-state index in [-0.39, 0.29) is 25.7 Å². The Morgan fingerprint density at radius 1 is 1.44 bits per heavy atom. The predicted octanol–water partition coefficient (Wildman–Crippen LogP) is -1.77. The van der Waals surface area contributed by atoms with E-state index >= 15 is 0 Å². The van der Waals surface area contributed by atoms with Gasteiger partial charge in [-0.1, -0.05) is 0 Å². The number of aliphatic carboxylic acids is 1. The van der Waals surface area contributed by atoms with E-state index < -0.39 is 24.0 Å². The lowest BCUT2D eigenvalue weighted by molar-refractivity contribution is -0.142. The Balaban J connectivity index is 1.90. The van der Waals surface area contributed by atoms with Crippen LogP contribution in [0.15, 0.2) is 0 Å². The van der Waals surface area contributed by atoms with Gasteiger partial charge in [-0.25, -0.2) is 4.79 Å². The Morgan fingerprint density at radius 3 is 2.89 bits per heavy atom. The zero-order valence-electron chi connectivity index (χ0n) is 9.72. The van der Waals surface area contributed by atoms with Crippen LogP contribution in [0.3, 0.4) is 0 Å². The Morgan fingerprint density at radius 2 is 2.22 bits per heavy atom. The van der Waals surface area contributed by atoms with Gasteiger partial charge >= 0.3 is 12.0 Å². The molecule has 0 saturated carbocycles.